The van der Waals surface area contributed by atoms with Crippen LogP contribution >= 0.6 is 0 Å². The molecule has 2 atom stereocenters. The van der Waals surface area contributed by atoms with Crippen LogP contribution in [0.3, 0.4) is 0 Å². The van der Waals surface area contributed by atoms with E-state index in [0.29, 0.717) is 19.4 Å². The number of hydrogen-bond donors (Lipinski definition) is 1. The molecule has 1 N–H and O–H groups in total. The van der Waals surface area contributed by atoms with Crippen LogP contribution in [0.25, 0.3) is 0 Å². The average molecular weight is 591 g/mol. The summed E-state index contributed by atoms with van der Waals surface area (Å²) in [6, 6.07) is 19.2. The van der Waals surface area contributed by atoms with Gasteiger partial charge in [-0.1, -0.05) is 24.3 Å². The third-order valence-electron chi connectivity index (χ3n) is 7.92. The molecule has 2 saturated heterocycles. The molecule has 3 aromatic rings. The molecule has 0 saturated carbocycles. The monoisotopic (exact) mass is 590 g/mol. The number of hydrogen-bond acceptors (Lipinski definition) is 7. The maximum absolute atomic E-state index is 12.7. The lowest BCUT2D eigenvalue weighted by atomic mass is 9.92. The number of amides is 2. The highest BCUT2D eigenvalue weighted by Crippen LogP contribution is 2.42. The highest BCUT2D eigenvalue weighted by molar-refractivity contribution is 5.78. The highest BCUT2D eigenvalue weighted by Gasteiger charge is 2.33. The van der Waals surface area contributed by atoms with Gasteiger partial charge in [-0.2, -0.15) is 0 Å². The fourth-order valence-corrected chi connectivity index (χ4v) is 5.80. The van der Waals surface area contributed by atoms with Gasteiger partial charge in [0.2, 0.25) is 11.8 Å². The summed E-state index contributed by atoms with van der Waals surface area (Å²) in [4.78, 5) is 26.1. The van der Waals surface area contributed by atoms with Gasteiger partial charge in [0.05, 0.1) is 58.8 Å². The normalized spacial score (nSPS) is 18.1. The first-order valence-corrected chi connectivity index (χ1v) is 14.6. The predicted octanol–water partition coefficient (Wildman–Crippen LogP) is 6.01. The summed E-state index contributed by atoms with van der Waals surface area (Å²) in [5, 5.41) is 2.98. The molecule has 230 valence electrons. The van der Waals surface area contributed by atoms with Crippen LogP contribution in [0.1, 0.15) is 67.3 Å². The lowest BCUT2D eigenvalue weighted by molar-refractivity contribution is -0.137. The fourth-order valence-electron chi connectivity index (χ4n) is 5.80. The first-order chi connectivity index (χ1) is 20.9. The summed E-state index contributed by atoms with van der Waals surface area (Å²) in [7, 11) is 8.20. The Kier molecular flexibility index (Phi) is 11.1. The molecule has 5 rings (SSSR count). The molecule has 2 aliphatic heterocycles. The first-order valence-electron chi connectivity index (χ1n) is 14.6. The Labute approximate surface area is 254 Å². The van der Waals surface area contributed by atoms with Crippen molar-refractivity contribution in [2.24, 2.45) is 0 Å². The Morgan fingerprint density at radius 3 is 1.72 bits per heavy atom. The van der Waals surface area contributed by atoms with Crippen LogP contribution in [0.4, 0.5) is 0 Å². The van der Waals surface area contributed by atoms with Crippen molar-refractivity contribution in [1.82, 2.24) is 10.2 Å². The maximum Gasteiger partial charge on any atom is 0.223 e. The Morgan fingerprint density at radius 1 is 0.674 bits per heavy atom. The highest BCUT2D eigenvalue weighted by atomic mass is 16.5. The van der Waals surface area contributed by atoms with Crippen molar-refractivity contribution >= 4 is 11.8 Å². The van der Waals surface area contributed by atoms with Crippen LogP contribution in [0, 0.1) is 0 Å². The van der Waals surface area contributed by atoms with Crippen molar-refractivity contribution < 1.29 is 33.3 Å². The number of ether oxygens (including phenoxy) is 5. The molecule has 9 heteroatoms. The molecule has 9 nitrogen and oxygen atoms in total. The number of carbonyl (C=O) groups is 2. The summed E-state index contributed by atoms with van der Waals surface area (Å²) in [5.41, 5.74) is 2.95. The number of piperidine rings is 2. The molecule has 0 spiro atoms. The van der Waals surface area contributed by atoms with Crippen molar-refractivity contribution in [3.63, 3.8) is 0 Å². The Hall–Kier alpha value is -4.40. The number of nitrogens with one attached hydrogen (secondary N) is 1. The number of carbonyl (C=O) groups excluding carboxylic acids is 2. The van der Waals surface area contributed by atoms with Gasteiger partial charge in [0.25, 0.3) is 0 Å². The van der Waals surface area contributed by atoms with Crippen LogP contribution in [-0.2, 0) is 16.1 Å². The predicted molar refractivity (Wildman–Crippen MR) is 164 cm³/mol. The van der Waals surface area contributed by atoms with E-state index in [1.807, 2.05) is 65.6 Å². The Morgan fingerprint density at radius 2 is 1.21 bits per heavy atom. The van der Waals surface area contributed by atoms with Gasteiger partial charge in [0.15, 0.2) is 0 Å². The van der Waals surface area contributed by atoms with Crippen LogP contribution in [0.15, 0.2) is 60.7 Å². The molecule has 2 unspecified atom stereocenters. The fraction of sp³-hybridized carbons (Fsp3) is 0.412. The zero-order valence-electron chi connectivity index (χ0n) is 25.7. The van der Waals surface area contributed by atoms with Crippen LogP contribution in [-0.4, -0.2) is 52.3 Å². The molecular weight excluding hydrogens is 548 g/mol. The van der Waals surface area contributed by atoms with Crippen molar-refractivity contribution in [2.45, 2.75) is 57.2 Å². The van der Waals surface area contributed by atoms with Crippen LogP contribution in [0.2, 0.25) is 0 Å². The molecule has 0 radical (unpaired) electrons. The number of likely N-dealkylation sites (tertiary alicyclic amines) is 1. The van der Waals surface area contributed by atoms with E-state index in [2.05, 4.69) is 5.32 Å². The van der Waals surface area contributed by atoms with E-state index in [9.17, 15) is 9.59 Å². The molecule has 3 aromatic carbocycles. The molecule has 0 aliphatic carbocycles. The van der Waals surface area contributed by atoms with E-state index in [0.717, 1.165) is 71.1 Å². The quantitative estimate of drug-likeness (QED) is 0.326. The van der Waals surface area contributed by atoms with Gasteiger partial charge in [-0.05, 0) is 67.6 Å². The summed E-state index contributed by atoms with van der Waals surface area (Å²) in [6.45, 7) is 0.550. The van der Waals surface area contributed by atoms with E-state index in [4.69, 9.17) is 23.7 Å². The lowest BCUT2D eigenvalue weighted by Crippen LogP contribution is -2.38. The minimum absolute atomic E-state index is 0.0117. The van der Waals surface area contributed by atoms with Crippen LogP contribution < -0.4 is 29.0 Å². The van der Waals surface area contributed by atoms with Gasteiger partial charge in [-0.3, -0.25) is 9.59 Å². The first kappa shape index (κ1) is 31.5. The van der Waals surface area contributed by atoms with E-state index in [-0.39, 0.29) is 23.9 Å². The lowest BCUT2D eigenvalue weighted by Gasteiger charge is -2.37. The molecule has 43 heavy (non-hydrogen) atoms. The second kappa shape index (κ2) is 15.2. The van der Waals surface area contributed by atoms with E-state index < -0.39 is 0 Å². The molecule has 0 aromatic heterocycles. The molecule has 2 amide bonds. The smallest absolute Gasteiger partial charge is 0.223 e. The Balaban J connectivity index is 0.000000215. The topological polar surface area (TPSA) is 95.6 Å². The number of methoxy groups -OCH3 is 5. The van der Waals surface area contributed by atoms with Gasteiger partial charge >= 0.3 is 0 Å². The van der Waals surface area contributed by atoms with Gasteiger partial charge in [0, 0.05) is 19.4 Å². The van der Waals surface area contributed by atoms with E-state index in [1.54, 1.807) is 35.5 Å². The zero-order chi connectivity index (χ0) is 30.8. The number of nitrogens with zero attached hydrogens (tertiary/aromatic N) is 1. The van der Waals surface area contributed by atoms with Crippen molar-refractivity contribution in [2.75, 3.05) is 35.5 Å². The number of rotatable bonds is 9. The molecule has 2 heterocycles. The largest absolute Gasteiger partial charge is 0.497 e. The molecule has 2 fully saturated rings. The molecule has 2 aliphatic rings. The minimum Gasteiger partial charge on any atom is -0.497 e. The summed E-state index contributed by atoms with van der Waals surface area (Å²) in [6.07, 6.45) is 4.75. The van der Waals surface area contributed by atoms with E-state index in [1.165, 1.54) is 0 Å². The number of benzene rings is 3. The second-order valence-corrected chi connectivity index (χ2v) is 10.4. The average Bonchev–Trinajstić information content (AvgIpc) is 3.05. The molecule has 0 bridgehead atoms. The van der Waals surface area contributed by atoms with Crippen molar-refractivity contribution in [3.8, 4) is 28.7 Å². The third-order valence-corrected chi connectivity index (χ3v) is 7.92. The second-order valence-electron chi connectivity index (χ2n) is 10.4. The summed E-state index contributed by atoms with van der Waals surface area (Å²) in [5.74, 6) is 4.08. The van der Waals surface area contributed by atoms with Gasteiger partial charge in [0.1, 0.15) is 28.7 Å². The van der Waals surface area contributed by atoms with E-state index >= 15 is 0 Å². The minimum atomic E-state index is -0.0653. The third kappa shape index (κ3) is 7.52. The summed E-state index contributed by atoms with van der Waals surface area (Å²) >= 11 is 0. The van der Waals surface area contributed by atoms with Crippen molar-refractivity contribution in [1.29, 1.82) is 0 Å². The van der Waals surface area contributed by atoms with Gasteiger partial charge in [-0.15, -0.1) is 0 Å². The van der Waals surface area contributed by atoms with Crippen LogP contribution in [0.5, 0.6) is 28.7 Å². The maximum atomic E-state index is 12.7. The van der Waals surface area contributed by atoms with Gasteiger partial charge in [-0.25, -0.2) is 0 Å². The Bertz CT molecular complexity index is 1330. The van der Waals surface area contributed by atoms with Crippen molar-refractivity contribution in [3.05, 3.63) is 77.4 Å². The molecular formula is C34H42N2O7. The van der Waals surface area contributed by atoms with Gasteiger partial charge < -0.3 is 33.9 Å². The standard InChI is InChI=1S/C21H25NO4.C13H17NO3/c1-24-16-12-10-15(11-13-16)14-22-17(6-4-9-20(22)23)21-18(25-2)7-5-8-19(21)26-3;1-16-10-6-4-7-11(17-2)13(10)9-5-3-8-12(15)14-9/h5,7-8,10-13,17H,4,6,9,14H2,1-3H3;4,6-7,9H,3,5,8H2,1-2H3,(H,14,15). The summed E-state index contributed by atoms with van der Waals surface area (Å²) < 4.78 is 27.0. The SMILES string of the molecule is COc1ccc(CN2C(=O)CCCC2c2c(OC)cccc2OC)cc1.COc1cccc(OC)c1C1CCCC(=O)N1. The zero-order valence-corrected chi connectivity index (χ0v) is 25.7.